The molecule has 0 bridgehead atoms. The minimum Gasteiger partial charge on any atom is -0.469 e. The van der Waals surface area contributed by atoms with Gasteiger partial charge in [0.05, 0.1) is 19.0 Å². The summed E-state index contributed by atoms with van der Waals surface area (Å²) in [6, 6.07) is 0. The number of carbonyl (C=O) groups excluding carboxylic acids is 1. The van der Waals surface area contributed by atoms with E-state index in [4.69, 9.17) is 0 Å². The molecular formula is C9H17NO5S. The highest BCUT2D eigenvalue weighted by Gasteiger charge is 2.29. The van der Waals surface area contributed by atoms with Gasteiger partial charge < -0.3 is 9.84 Å². The highest BCUT2D eigenvalue weighted by Crippen LogP contribution is 2.15. The van der Waals surface area contributed by atoms with E-state index in [1.165, 1.54) is 11.4 Å². The first-order chi connectivity index (χ1) is 7.45. The topological polar surface area (TPSA) is 83.9 Å². The number of methoxy groups -OCH3 is 1. The van der Waals surface area contributed by atoms with E-state index < -0.39 is 22.1 Å². The molecule has 1 saturated heterocycles. The average molecular weight is 251 g/mol. The summed E-state index contributed by atoms with van der Waals surface area (Å²) >= 11 is 0. The van der Waals surface area contributed by atoms with Gasteiger partial charge in [-0.25, -0.2) is 8.42 Å². The first kappa shape index (κ1) is 13.4. The number of β-amino-alcohol motifs (C(OH)–C–C–N with tert-alkyl or cyclic N) is 1. The number of aliphatic hydroxyl groups excluding tert-OH is 1. The predicted octanol–water partition coefficient (Wildman–Crippen LogP) is -0.664. The van der Waals surface area contributed by atoms with Crippen LogP contribution in [0.4, 0.5) is 0 Å². The summed E-state index contributed by atoms with van der Waals surface area (Å²) in [6.45, 7) is 0.530. The van der Waals surface area contributed by atoms with Crippen LogP contribution in [-0.4, -0.2) is 55.9 Å². The molecule has 0 amide bonds. The molecule has 0 aromatic carbocycles. The zero-order chi connectivity index (χ0) is 12.2. The Morgan fingerprint density at radius 3 is 2.75 bits per heavy atom. The Morgan fingerprint density at radius 1 is 1.56 bits per heavy atom. The van der Waals surface area contributed by atoms with Gasteiger partial charge in [0.25, 0.3) is 0 Å². The lowest BCUT2D eigenvalue weighted by molar-refractivity contribution is -0.140. The molecule has 1 atom stereocenters. The van der Waals surface area contributed by atoms with E-state index >= 15 is 0 Å². The molecule has 1 unspecified atom stereocenters. The lowest BCUT2D eigenvalue weighted by Crippen LogP contribution is -2.31. The van der Waals surface area contributed by atoms with Gasteiger partial charge in [0, 0.05) is 19.5 Å². The third-order valence-corrected chi connectivity index (χ3v) is 4.45. The summed E-state index contributed by atoms with van der Waals surface area (Å²) in [4.78, 5) is 10.8. The maximum Gasteiger partial charge on any atom is 0.305 e. The summed E-state index contributed by atoms with van der Waals surface area (Å²) in [5.41, 5.74) is 0. The van der Waals surface area contributed by atoms with Crippen molar-refractivity contribution in [2.45, 2.75) is 25.4 Å². The number of aliphatic hydroxyl groups is 1. The van der Waals surface area contributed by atoms with Crippen molar-refractivity contribution in [3.63, 3.8) is 0 Å². The molecule has 0 aromatic heterocycles. The first-order valence-electron chi connectivity index (χ1n) is 5.18. The van der Waals surface area contributed by atoms with Gasteiger partial charge in [-0.05, 0) is 12.8 Å². The number of sulfonamides is 1. The molecule has 0 spiro atoms. The number of hydrogen-bond acceptors (Lipinski definition) is 5. The second kappa shape index (κ2) is 5.60. The fourth-order valence-corrected chi connectivity index (χ4v) is 3.14. The summed E-state index contributed by atoms with van der Waals surface area (Å²) < 4.78 is 29.1. The molecule has 1 aliphatic heterocycles. The fraction of sp³-hybridized carbons (Fsp3) is 0.889. The van der Waals surface area contributed by atoms with Crippen molar-refractivity contribution in [2.24, 2.45) is 0 Å². The van der Waals surface area contributed by atoms with Gasteiger partial charge in [0.2, 0.25) is 10.0 Å². The van der Waals surface area contributed by atoms with Crippen LogP contribution in [0.15, 0.2) is 0 Å². The van der Waals surface area contributed by atoms with Gasteiger partial charge in [-0.2, -0.15) is 4.31 Å². The minimum absolute atomic E-state index is 0.0746. The number of hydrogen-bond donors (Lipinski definition) is 1. The second-order valence-electron chi connectivity index (χ2n) is 3.80. The molecule has 94 valence electrons. The van der Waals surface area contributed by atoms with E-state index in [2.05, 4.69) is 4.74 Å². The number of rotatable bonds is 5. The largest absolute Gasteiger partial charge is 0.469 e. The van der Waals surface area contributed by atoms with E-state index in [1.807, 2.05) is 0 Å². The van der Waals surface area contributed by atoms with Crippen LogP contribution in [0.2, 0.25) is 0 Å². The van der Waals surface area contributed by atoms with E-state index in [0.717, 1.165) is 0 Å². The zero-order valence-electron chi connectivity index (χ0n) is 9.26. The molecule has 1 heterocycles. The first-order valence-corrected chi connectivity index (χ1v) is 6.79. The maximum absolute atomic E-state index is 11.7. The fourth-order valence-electron chi connectivity index (χ4n) is 1.59. The zero-order valence-corrected chi connectivity index (χ0v) is 10.1. The normalized spacial score (nSPS) is 22.2. The lowest BCUT2D eigenvalue weighted by atomic mass is 10.3. The Bertz CT molecular complexity index is 340. The van der Waals surface area contributed by atoms with Gasteiger partial charge in [0.1, 0.15) is 0 Å². The Labute approximate surface area is 95.2 Å². The SMILES string of the molecule is COC(=O)CCCS(=O)(=O)N1CCC(O)C1. The average Bonchev–Trinajstić information content (AvgIpc) is 2.65. The standard InChI is InChI=1S/C9H17NO5S/c1-15-9(12)3-2-6-16(13,14)10-5-4-8(11)7-10/h8,11H,2-7H2,1H3. The summed E-state index contributed by atoms with van der Waals surface area (Å²) in [5.74, 6) is -0.480. The molecule has 0 aliphatic carbocycles. The monoisotopic (exact) mass is 251 g/mol. The van der Waals surface area contributed by atoms with E-state index in [1.54, 1.807) is 0 Å². The summed E-state index contributed by atoms with van der Waals surface area (Å²) in [5, 5.41) is 9.23. The van der Waals surface area contributed by atoms with Gasteiger partial charge in [-0.1, -0.05) is 0 Å². The highest BCUT2D eigenvalue weighted by molar-refractivity contribution is 7.89. The number of esters is 1. The predicted molar refractivity (Wildman–Crippen MR) is 57.2 cm³/mol. The van der Waals surface area contributed by atoms with Gasteiger partial charge in [-0.3, -0.25) is 4.79 Å². The van der Waals surface area contributed by atoms with Gasteiger partial charge >= 0.3 is 5.97 Å². The Hall–Kier alpha value is -0.660. The molecule has 1 rings (SSSR count). The number of ether oxygens (including phenoxy) is 1. The van der Waals surface area contributed by atoms with Crippen LogP contribution >= 0.6 is 0 Å². The van der Waals surface area contributed by atoms with Crippen molar-refractivity contribution in [2.75, 3.05) is 26.0 Å². The summed E-state index contributed by atoms with van der Waals surface area (Å²) in [6.07, 6.45) is 0.277. The number of nitrogens with zero attached hydrogens (tertiary/aromatic N) is 1. The van der Waals surface area contributed by atoms with Gasteiger partial charge in [0.15, 0.2) is 0 Å². The second-order valence-corrected chi connectivity index (χ2v) is 5.88. The van der Waals surface area contributed by atoms with Crippen LogP contribution in [0.1, 0.15) is 19.3 Å². The Morgan fingerprint density at radius 2 is 2.25 bits per heavy atom. The molecule has 1 aliphatic rings. The van der Waals surface area contributed by atoms with Crippen molar-refractivity contribution < 1.29 is 23.1 Å². The van der Waals surface area contributed by atoms with Gasteiger partial charge in [-0.15, -0.1) is 0 Å². The third kappa shape index (κ3) is 3.73. The van der Waals surface area contributed by atoms with Crippen molar-refractivity contribution in [3.8, 4) is 0 Å². The van der Waals surface area contributed by atoms with Crippen molar-refractivity contribution in [3.05, 3.63) is 0 Å². The summed E-state index contributed by atoms with van der Waals surface area (Å²) in [7, 11) is -2.06. The molecule has 0 radical (unpaired) electrons. The van der Waals surface area contributed by atoms with Crippen molar-refractivity contribution >= 4 is 16.0 Å². The van der Waals surface area contributed by atoms with E-state index in [9.17, 15) is 18.3 Å². The molecule has 0 aromatic rings. The smallest absolute Gasteiger partial charge is 0.305 e. The lowest BCUT2D eigenvalue weighted by Gasteiger charge is -2.15. The molecule has 6 nitrogen and oxygen atoms in total. The quantitative estimate of drug-likeness (QED) is 0.655. The van der Waals surface area contributed by atoms with E-state index in [0.29, 0.717) is 13.0 Å². The van der Waals surface area contributed by atoms with Crippen molar-refractivity contribution in [1.82, 2.24) is 4.31 Å². The third-order valence-electron chi connectivity index (χ3n) is 2.53. The number of carbonyl (C=O) groups is 1. The van der Waals surface area contributed by atoms with Crippen LogP contribution < -0.4 is 0 Å². The Kier molecular flexibility index (Phi) is 4.69. The molecular weight excluding hydrogens is 234 g/mol. The molecule has 1 fully saturated rings. The highest BCUT2D eigenvalue weighted by atomic mass is 32.2. The van der Waals surface area contributed by atoms with Crippen LogP contribution in [0.5, 0.6) is 0 Å². The van der Waals surface area contributed by atoms with E-state index in [-0.39, 0.29) is 25.1 Å². The van der Waals surface area contributed by atoms with Crippen LogP contribution in [0.25, 0.3) is 0 Å². The van der Waals surface area contributed by atoms with Crippen LogP contribution in [0, 0.1) is 0 Å². The van der Waals surface area contributed by atoms with Crippen LogP contribution in [0.3, 0.4) is 0 Å². The minimum atomic E-state index is -3.33. The van der Waals surface area contributed by atoms with Crippen molar-refractivity contribution in [1.29, 1.82) is 0 Å². The van der Waals surface area contributed by atoms with Crippen LogP contribution in [-0.2, 0) is 19.6 Å². The molecule has 0 saturated carbocycles. The molecule has 7 heteroatoms. The Balaban J connectivity index is 2.37. The molecule has 16 heavy (non-hydrogen) atoms. The maximum atomic E-state index is 11.7. The molecule has 1 N–H and O–H groups in total.